The topological polar surface area (TPSA) is 9.23 Å². The van der Waals surface area contributed by atoms with Crippen LogP contribution in [-0.4, -0.2) is 0 Å². The zero-order valence-corrected chi connectivity index (χ0v) is 36.1. The third-order valence-corrected chi connectivity index (χ3v) is 11.8. The zero-order valence-electron chi connectivity index (χ0n) is 36.1. The molecule has 0 aromatic heterocycles. The van der Waals surface area contributed by atoms with E-state index < -0.39 is 0 Å². The summed E-state index contributed by atoms with van der Waals surface area (Å²) in [6, 6.07) is 15.3. The van der Waals surface area contributed by atoms with Crippen LogP contribution in [-0.2, 0) is 19.3 Å². The quantitative estimate of drug-likeness (QED) is 0.0622. The van der Waals surface area contributed by atoms with Gasteiger partial charge in [0.25, 0.3) is 0 Å². The summed E-state index contributed by atoms with van der Waals surface area (Å²) in [6.45, 7) is 6.94. The number of hydrogen-bond acceptors (Lipinski definition) is 1. The van der Waals surface area contributed by atoms with E-state index in [4.69, 9.17) is 4.74 Å². The van der Waals surface area contributed by atoms with Crippen LogP contribution in [0.15, 0.2) is 42.5 Å². The van der Waals surface area contributed by atoms with Crippen LogP contribution in [0.1, 0.15) is 256 Å². The molecule has 304 valence electrons. The largest absolute Gasteiger partial charge is 0.457 e. The molecule has 0 bridgehead atoms. The first kappa shape index (κ1) is 47.4. The van der Waals surface area contributed by atoms with Gasteiger partial charge in [0, 0.05) is 0 Å². The lowest BCUT2D eigenvalue weighted by Crippen LogP contribution is -2.05. The Kier molecular flexibility index (Phi) is 32.1. The number of para-hydroxylation sites is 1. The summed E-state index contributed by atoms with van der Waals surface area (Å²) in [5, 5.41) is 0. The average molecular weight is 731 g/mol. The first-order valence-corrected chi connectivity index (χ1v) is 24.2. The van der Waals surface area contributed by atoms with Crippen LogP contribution in [0.4, 0.5) is 0 Å². The number of unbranched alkanes of at least 4 members (excludes halogenated alkanes) is 31. The first-order chi connectivity index (χ1) is 26.3. The molecular weight excluding hydrogens is 641 g/mol. The van der Waals surface area contributed by atoms with E-state index >= 15 is 0 Å². The second-order valence-electron chi connectivity index (χ2n) is 16.8. The van der Waals surface area contributed by atoms with Crippen molar-refractivity contribution in [1.82, 2.24) is 0 Å². The summed E-state index contributed by atoms with van der Waals surface area (Å²) < 4.78 is 6.68. The molecule has 0 aliphatic heterocycles. The lowest BCUT2D eigenvalue weighted by atomic mass is 9.89. The molecule has 0 heterocycles. The van der Waals surface area contributed by atoms with Gasteiger partial charge in [-0.3, -0.25) is 0 Å². The summed E-state index contributed by atoms with van der Waals surface area (Å²) >= 11 is 0. The molecule has 0 unspecified atom stereocenters. The Bertz CT molecular complexity index is 1040. The SMILES string of the molecule is CCCCCCCCCCCCCCc1c(CCCCCCCCCCCC)ccc(Oc2ccccc2)c1CCCCCCCCCCCCCC. The molecule has 1 nitrogen and oxygen atoms in total. The molecule has 2 aromatic carbocycles. The number of benzene rings is 2. The third-order valence-electron chi connectivity index (χ3n) is 11.8. The molecule has 2 aromatic rings. The van der Waals surface area contributed by atoms with Crippen LogP contribution >= 0.6 is 0 Å². The molecule has 2 rings (SSSR count). The fourth-order valence-electron chi connectivity index (χ4n) is 8.34. The molecule has 0 aliphatic carbocycles. The fraction of sp³-hybridized carbons (Fsp3) is 0.769. The lowest BCUT2D eigenvalue weighted by Gasteiger charge is -2.20. The molecule has 1 heteroatoms. The fourth-order valence-corrected chi connectivity index (χ4v) is 8.34. The summed E-state index contributed by atoms with van der Waals surface area (Å²) in [4.78, 5) is 0. The zero-order chi connectivity index (χ0) is 37.7. The molecule has 0 saturated carbocycles. The van der Waals surface area contributed by atoms with Crippen molar-refractivity contribution in [3.8, 4) is 11.5 Å². The highest BCUT2D eigenvalue weighted by atomic mass is 16.5. The highest BCUT2D eigenvalue weighted by molar-refractivity contribution is 5.47. The van der Waals surface area contributed by atoms with Crippen LogP contribution in [0.5, 0.6) is 11.5 Å². The van der Waals surface area contributed by atoms with Crippen molar-refractivity contribution < 1.29 is 4.74 Å². The summed E-state index contributed by atoms with van der Waals surface area (Å²) in [6.07, 6.45) is 51.5. The van der Waals surface area contributed by atoms with Crippen molar-refractivity contribution in [3.63, 3.8) is 0 Å². The number of ether oxygens (including phenoxy) is 1. The Morgan fingerprint density at radius 2 is 0.623 bits per heavy atom. The maximum atomic E-state index is 6.68. The molecule has 0 spiro atoms. The highest BCUT2D eigenvalue weighted by Crippen LogP contribution is 2.34. The number of hydrogen-bond donors (Lipinski definition) is 0. The Hall–Kier alpha value is -1.76. The second kappa shape index (κ2) is 35.9. The smallest absolute Gasteiger partial charge is 0.130 e. The van der Waals surface area contributed by atoms with Crippen LogP contribution in [0.25, 0.3) is 0 Å². The van der Waals surface area contributed by atoms with Gasteiger partial charge in [0.2, 0.25) is 0 Å². The molecule has 0 aliphatic rings. The maximum Gasteiger partial charge on any atom is 0.130 e. The summed E-state index contributed by atoms with van der Waals surface area (Å²) in [5.74, 6) is 2.10. The molecule has 0 fully saturated rings. The highest BCUT2D eigenvalue weighted by Gasteiger charge is 2.15. The number of aryl methyl sites for hydroxylation is 1. The van der Waals surface area contributed by atoms with Crippen molar-refractivity contribution in [1.29, 1.82) is 0 Å². The third kappa shape index (κ3) is 25.9. The molecule has 0 amide bonds. The van der Waals surface area contributed by atoms with Crippen LogP contribution in [0.3, 0.4) is 0 Å². The second-order valence-corrected chi connectivity index (χ2v) is 16.8. The van der Waals surface area contributed by atoms with Crippen molar-refractivity contribution in [2.24, 2.45) is 0 Å². The normalized spacial score (nSPS) is 11.5. The molecule has 0 atom stereocenters. The summed E-state index contributed by atoms with van der Waals surface area (Å²) in [5.41, 5.74) is 4.82. The van der Waals surface area contributed by atoms with E-state index in [2.05, 4.69) is 63.2 Å². The maximum absolute atomic E-state index is 6.68. The lowest BCUT2D eigenvalue weighted by molar-refractivity contribution is 0.471. The van der Waals surface area contributed by atoms with Crippen molar-refractivity contribution in [2.75, 3.05) is 0 Å². The van der Waals surface area contributed by atoms with Gasteiger partial charge in [-0.1, -0.05) is 244 Å². The Morgan fingerprint density at radius 3 is 1.00 bits per heavy atom. The Labute approximate surface area is 332 Å². The summed E-state index contributed by atoms with van der Waals surface area (Å²) in [7, 11) is 0. The van der Waals surface area contributed by atoms with Crippen molar-refractivity contribution in [2.45, 2.75) is 258 Å². The van der Waals surface area contributed by atoms with Gasteiger partial charge in [-0.25, -0.2) is 0 Å². The monoisotopic (exact) mass is 731 g/mol. The molecular formula is C52H90O. The van der Waals surface area contributed by atoms with Gasteiger partial charge in [-0.05, 0) is 73.4 Å². The number of rotatable bonds is 39. The van der Waals surface area contributed by atoms with Crippen LogP contribution in [0.2, 0.25) is 0 Å². The molecule has 0 N–H and O–H groups in total. The van der Waals surface area contributed by atoms with Gasteiger partial charge in [-0.15, -0.1) is 0 Å². The van der Waals surface area contributed by atoms with E-state index in [1.165, 1.54) is 243 Å². The van der Waals surface area contributed by atoms with Gasteiger partial charge in [-0.2, -0.15) is 0 Å². The van der Waals surface area contributed by atoms with Gasteiger partial charge < -0.3 is 4.74 Å². The van der Waals surface area contributed by atoms with Gasteiger partial charge in [0.05, 0.1) is 0 Å². The van der Waals surface area contributed by atoms with E-state index in [0.29, 0.717) is 0 Å². The molecule has 0 saturated heterocycles. The predicted octanol–water partition coefficient (Wildman–Crippen LogP) is 18.4. The van der Waals surface area contributed by atoms with Gasteiger partial charge >= 0.3 is 0 Å². The van der Waals surface area contributed by atoms with Crippen LogP contribution < -0.4 is 4.74 Å². The van der Waals surface area contributed by atoms with E-state index in [1.54, 1.807) is 11.1 Å². The van der Waals surface area contributed by atoms with Crippen molar-refractivity contribution >= 4 is 0 Å². The molecule has 0 radical (unpaired) electrons. The van der Waals surface area contributed by atoms with E-state index in [9.17, 15) is 0 Å². The van der Waals surface area contributed by atoms with Gasteiger partial charge in [0.1, 0.15) is 11.5 Å². The van der Waals surface area contributed by atoms with E-state index in [0.717, 1.165) is 11.5 Å². The standard InChI is InChI=1S/C52H90O/c1-4-7-10-13-16-19-22-24-27-30-33-39-44-50-48(41-36-32-29-26-21-18-15-12-9-6-3)46-47-52(53-49-42-37-35-38-43-49)51(50)45-40-34-31-28-25-23-20-17-14-11-8-5-2/h35,37-38,42-43,46-47H,4-34,36,39-41,44-45H2,1-3H3. The minimum atomic E-state index is 0.974. The average Bonchev–Trinajstić information content (AvgIpc) is 3.18. The van der Waals surface area contributed by atoms with Crippen molar-refractivity contribution in [3.05, 3.63) is 59.2 Å². The minimum Gasteiger partial charge on any atom is -0.457 e. The van der Waals surface area contributed by atoms with E-state index in [-0.39, 0.29) is 0 Å². The van der Waals surface area contributed by atoms with Crippen LogP contribution in [0, 0.1) is 0 Å². The first-order valence-electron chi connectivity index (χ1n) is 24.2. The minimum absolute atomic E-state index is 0.974. The Balaban J connectivity index is 1.96. The Morgan fingerprint density at radius 1 is 0.302 bits per heavy atom. The predicted molar refractivity (Wildman–Crippen MR) is 238 cm³/mol. The molecule has 53 heavy (non-hydrogen) atoms. The van der Waals surface area contributed by atoms with Gasteiger partial charge in [0.15, 0.2) is 0 Å². The van der Waals surface area contributed by atoms with E-state index in [1.807, 2.05) is 0 Å².